The average Bonchev–Trinajstić information content (AvgIpc) is 3.28. The third kappa shape index (κ3) is 2.61. The number of benzene rings is 1. The van der Waals surface area contributed by atoms with Crippen LogP contribution >= 0.6 is 11.3 Å². The minimum atomic E-state index is -0.494. The molecule has 0 fully saturated rings. The highest BCUT2D eigenvalue weighted by Gasteiger charge is 2.23. The number of H-pyrrole nitrogens is 1. The average molecular weight is 339 g/mol. The van der Waals surface area contributed by atoms with Crippen molar-refractivity contribution in [2.45, 2.75) is 6.61 Å². The predicted octanol–water partition coefficient (Wildman–Crippen LogP) is 3.68. The van der Waals surface area contributed by atoms with Crippen LogP contribution in [-0.2, 0) is 11.3 Å². The van der Waals surface area contributed by atoms with Gasteiger partial charge in [-0.15, -0.1) is 11.3 Å². The van der Waals surface area contributed by atoms with Crippen LogP contribution in [0.4, 0.5) is 0 Å². The van der Waals surface area contributed by atoms with Crippen molar-refractivity contribution in [3.63, 3.8) is 0 Å². The third-order valence-corrected chi connectivity index (χ3v) is 4.95. The normalized spacial score (nSPS) is 12.0. The van der Waals surface area contributed by atoms with Gasteiger partial charge in [0, 0.05) is 22.2 Å². The Hall–Kier alpha value is -2.86. The highest BCUT2D eigenvalue weighted by atomic mass is 32.1. The number of aromatic amines is 1. The topological polar surface area (TPSA) is 68.4 Å². The molecule has 0 atom stereocenters. The molecule has 3 heterocycles. The van der Waals surface area contributed by atoms with Crippen molar-refractivity contribution >= 4 is 23.1 Å². The lowest BCUT2D eigenvalue weighted by Crippen LogP contribution is -2.13. The molecule has 0 radical (unpaired) electrons. The zero-order valence-corrected chi connectivity index (χ0v) is 13.4. The van der Waals surface area contributed by atoms with E-state index in [0.717, 1.165) is 21.8 Å². The number of ketones is 1. The molecule has 0 saturated carbocycles. The summed E-state index contributed by atoms with van der Waals surface area (Å²) in [6.07, 6.45) is 1.65. The molecule has 3 aromatic rings. The van der Waals surface area contributed by atoms with Crippen molar-refractivity contribution in [1.82, 2.24) is 4.98 Å². The standard InChI is InChI=1S/C18H13NO4S/c20-14(13-5-3-7-19-13)10-23-18(21)16-8-11-9-22-15-6-2-1-4-12(15)17(11)24-16/h1-8,19H,9-10H2. The van der Waals surface area contributed by atoms with Crippen LogP contribution in [0.1, 0.15) is 25.7 Å². The summed E-state index contributed by atoms with van der Waals surface area (Å²) in [6, 6.07) is 12.9. The van der Waals surface area contributed by atoms with Gasteiger partial charge in [0.1, 0.15) is 17.2 Å². The van der Waals surface area contributed by atoms with Gasteiger partial charge in [0.05, 0.1) is 5.69 Å². The first-order chi connectivity index (χ1) is 11.7. The number of aromatic nitrogens is 1. The van der Waals surface area contributed by atoms with Gasteiger partial charge in [0.25, 0.3) is 0 Å². The summed E-state index contributed by atoms with van der Waals surface area (Å²) in [4.78, 5) is 28.4. The zero-order chi connectivity index (χ0) is 16.5. The summed E-state index contributed by atoms with van der Waals surface area (Å²) in [6.45, 7) is 0.145. The number of esters is 1. The number of hydrogen-bond donors (Lipinski definition) is 1. The van der Waals surface area contributed by atoms with E-state index in [0.29, 0.717) is 17.2 Å². The fourth-order valence-electron chi connectivity index (χ4n) is 2.58. The van der Waals surface area contributed by atoms with Gasteiger partial charge in [0.2, 0.25) is 5.78 Å². The number of para-hydroxylation sites is 1. The van der Waals surface area contributed by atoms with E-state index < -0.39 is 5.97 Å². The van der Waals surface area contributed by atoms with Crippen molar-refractivity contribution in [2.75, 3.05) is 6.61 Å². The second-order valence-corrected chi connectivity index (χ2v) is 6.39. The van der Waals surface area contributed by atoms with Gasteiger partial charge in [-0.2, -0.15) is 0 Å². The largest absolute Gasteiger partial charge is 0.488 e. The molecule has 120 valence electrons. The Morgan fingerprint density at radius 3 is 2.92 bits per heavy atom. The van der Waals surface area contributed by atoms with Crippen LogP contribution in [0, 0.1) is 0 Å². The molecule has 5 nitrogen and oxygen atoms in total. The summed E-state index contributed by atoms with van der Waals surface area (Å²) in [7, 11) is 0. The van der Waals surface area contributed by atoms with E-state index in [-0.39, 0.29) is 12.4 Å². The van der Waals surface area contributed by atoms with E-state index in [9.17, 15) is 9.59 Å². The number of carbonyl (C=O) groups excluding carboxylic acids is 2. The molecule has 1 aromatic carbocycles. The zero-order valence-electron chi connectivity index (χ0n) is 12.6. The number of rotatable bonds is 4. The highest BCUT2D eigenvalue weighted by molar-refractivity contribution is 7.17. The minimum Gasteiger partial charge on any atom is -0.488 e. The molecule has 0 amide bonds. The Bertz CT molecular complexity index is 911. The molecule has 4 rings (SSSR count). The summed E-state index contributed by atoms with van der Waals surface area (Å²) >= 11 is 1.36. The van der Waals surface area contributed by atoms with E-state index in [1.54, 1.807) is 24.4 Å². The van der Waals surface area contributed by atoms with Crippen LogP contribution in [-0.4, -0.2) is 23.3 Å². The molecular weight excluding hydrogens is 326 g/mol. The lowest BCUT2D eigenvalue weighted by Gasteiger charge is -2.16. The molecule has 1 aliphatic heterocycles. The fourth-order valence-corrected chi connectivity index (χ4v) is 3.67. The van der Waals surface area contributed by atoms with Gasteiger partial charge in [-0.25, -0.2) is 4.79 Å². The third-order valence-electron chi connectivity index (χ3n) is 3.76. The molecule has 0 bridgehead atoms. The fraction of sp³-hybridized carbons (Fsp3) is 0.111. The van der Waals surface area contributed by atoms with Gasteiger partial charge >= 0.3 is 5.97 Å². The summed E-state index contributed by atoms with van der Waals surface area (Å²) in [5.41, 5.74) is 2.36. The maximum atomic E-state index is 12.2. The molecule has 0 unspecified atom stereocenters. The summed E-state index contributed by atoms with van der Waals surface area (Å²) in [5.74, 6) is 0.0591. The Labute approximate surface area is 141 Å². The van der Waals surface area contributed by atoms with Crippen LogP contribution in [0.5, 0.6) is 5.75 Å². The van der Waals surface area contributed by atoms with E-state index >= 15 is 0 Å². The number of carbonyl (C=O) groups is 2. The lowest BCUT2D eigenvalue weighted by atomic mass is 10.1. The lowest BCUT2D eigenvalue weighted by molar-refractivity contribution is 0.0478. The summed E-state index contributed by atoms with van der Waals surface area (Å²) < 4.78 is 10.8. The van der Waals surface area contributed by atoms with E-state index in [2.05, 4.69) is 4.98 Å². The van der Waals surface area contributed by atoms with E-state index in [4.69, 9.17) is 9.47 Å². The summed E-state index contributed by atoms with van der Waals surface area (Å²) in [5, 5.41) is 0. The molecule has 24 heavy (non-hydrogen) atoms. The molecule has 2 aromatic heterocycles. The van der Waals surface area contributed by atoms with Crippen LogP contribution in [0.3, 0.4) is 0 Å². The van der Waals surface area contributed by atoms with E-state index in [1.807, 2.05) is 24.3 Å². The number of nitrogens with one attached hydrogen (secondary N) is 1. The smallest absolute Gasteiger partial charge is 0.348 e. The maximum absolute atomic E-state index is 12.2. The number of ether oxygens (including phenoxy) is 2. The second-order valence-electron chi connectivity index (χ2n) is 5.33. The van der Waals surface area contributed by atoms with Crippen molar-refractivity contribution in [2.24, 2.45) is 0 Å². The first-order valence-corrected chi connectivity index (χ1v) is 8.22. The first kappa shape index (κ1) is 14.7. The van der Waals surface area contributed by atoms with Gasteiger partial charge < -0.3 is 14.5 Å². The number of fused-ring (bicyclic) bond motifs is 3. The monoisotopic (exact) mass is 339 g/mol. The van der Waals surface area contributed by atoms with Gasteiger partial charge in [-0.3, -0.25) is 4.79 Å². The molecule has 0 spiro atoms. The molecule has 0 aliphatic carbocycles. The Balaban J connectivity index is 1.51. The minimum absolute atomic E-state index is 0.261. The quantitative estimate of drug-likeness (QED) is 0.582. The van der Waals surface area contributed by atoms with Crippen LogP contribution in [0.15, 0.2) is 48.7 Å². The van der Waals surface area contributed by atoms with Gasteiger partial charge in [-0.05, 0) is 30.3 Å². The molecular formula is C18H13NO4S. The van der Waals surface area contributed by atoms with Crippen molar-refractivity contribution in [3.8, 4) is 16.2 Å². The van der Waals surface area contributed by atoms with Crippen LogP contribution in [0.2, 0.25) is 0 Å². The van der Waals surface area contributed by atoms with Crippen molar-refractivity contribution in [1.29, 1.82) is 0 Å². The number of hydrogen-bond acceptors (Lipinski definition) is 5. The van der Waals surface area contributed by atoms with Crippen LogP contribution in [0.25, 0.3) is 10.4 Å². The van der Waals surface area contributed by atoms with Crippen LogP contribution < -0.4 is 4.74 Å². The molecule has 6 heteroatoms. The maximum Gasteiger partial charge on any atom is 0.348 e. The number of Topliss-reactive ketones (excluding diaryl/α,β-unsaturated/α-hetero) is 1. The van der Waals surface area contributed by atoms with Crippen molar-refractivity contribution < 1.29 is 19.1 Å². The first-order valence-electron chi connectivity index (χ1n) is 7.41. The molecule has 1 aliphatic rings. The number of thiophene rings is 1. The Morgan fingerprint density at radius 1 is 1.21 bits per heavy atom. The van der Waals surface area contributed by atoms with Gasteiger partial charge in [0.15, 0.2) is 6.61 Å². The Morgan fingerprint density at radius 2 is 2.08 bits per heavy atom. The highest BCUT2D eigenvalue weighted by Crippen LogP contribution is 2.42. The SMILES string of the molecule is O=C(COC(=O)c1cc2c(s1)-c1ccccc1OC2)c1ccc[nH]1. The predicted molar refractivity (Wildman–Crippen MR) is 89.5 cm³/mol. The molecule has 0 saturated heterocycles. The molecule has 1 N–H and O–H groups in total. The Kier molecular flexibility index (Phi) is 3.66. The van der Waals surface area contributed by atoms with Gasteiger partial charge in [-0.1, -0.05) is 12.1 Å². The van der Waals surface area contributed by atoms with Crippen molar-refractivity contribution in [3.05, 3.63) is 64.8 Å². The van der Waals surface area contributed by atoms with E-state index in [1.165, 1.54) is 11.3 Å². The second kappa shape index (κ2) is 5.98.